The number of halogens is 2. The fourth-order valence-corrected chi connectivity index (χ4v) is 4.77. The molecular formula is C25H31F2N7O2. The van der Waals surface area contributed by atoms with Gasteiger partial charge in [0.15, 0.2) is 5.75 Å². The normalized spacial score (nSPS) is 20.9. The highest BCUT2D eigenvalue weighted by molar-refractivity contribution is 5.39. The maximum atomic E-state index is 14.3. The molecule has 2 unspecified atom stereocenters. The Kier molecular flexibility index (Phi) is 6.99. The number of anilines is 2. The van der Waals surface area contributed by atoms with E-state index in [0.29, 0.717) is 49.2 Å². The molecule has 11 heteroatoms. The summed E-state index contributed by atoms with van der Waals surface area (Å²) >= 11 is 0. The van der Waals surface area contributed by atoms with Crippen LogP contribution < -0.4 is 20.3 Å². The number of hydrogen-bond donors (Lipinski definition) is 1. The number of piperidine rings is 1. The van der Waals surface area contributed by atoms with Crippen LogP contribution >= 0.6 is 0 Å². The van der Waals surface area contributed by atoms with Crippen molar-refractivity contribution in [1.29, 1.82) is 0 Å². The lowest BCUT2D eigenvalue weighted by Crippen LogP contribution is -2.36. The molecular weight excluding hydrogens is 468 g/mol. The first kappa shape index (κ1) is 24.4. The summed E-state index contributed by atoms with van der Waals surface area (Å²) in [6.45, 7) is 7.21. The molecule has 2 atom stereocenters. The van der Waals surface area contributed by atoms with Gasteiger partial charge in [-0.3, -0.25) is 0 Å². The maximum Gasteiger partial charge on any atom is 0.266 e. The summed E-state index contributed by atoms with van der Waals surface area (Å²) in [5.74, 6) is 1.76. The molecule has 2 fully saturated rings. The number of nitrogens with two attached hydrogens (primary N) is 1. The van der Waals surface area contributed by atoms with E-state index in [-0.39, 0.29) is 23.4 Å². The van der Waals surface area contributed by atoms with Crippen LogP contribution in [-0.4, -0.2) is 58.9 Å². The Morgan fingerprint density at radius 3 is 2.53 bits per heavy atom. The monoisotopic (exact) mass is 499 g/mol. The third kappa shape index (κ3) is 5.25. The van der Waals surface area contributed by atoms with Gasteiger partial charge in [0, 0.05) is 44.1 Å². The fraction of sp³-hybridized carbons (Fsp3) is 0.520. The molecule has 1 aromatic carbocycles. The van der Waals surface area contributed by atoms with E-state index in [1.165, 1.54) is 6.07 Å². The molecule has 3 aromatic rings. The lowest BCUT2D eigenvalue weighted by atomic mass is 9.94. The van der Waals surface area contributed by atoms with Crippen LogP contribution in [0.2, 0.25) is 0 Å². The molecule has 0 radical (unpaired) electrons. The minimum absolute atomic E-state index is 0.214. The van der Waals surface area contributed by atoms with Crippen molar-refractivity contribution in [3.05, 3.63) is 53.7 Å². The van der Waals surface area contributed by atoms with Gasteiger partial charge in [0.25, 0.3) is 5.95 Å². The summed E-state index contributed by atoms with van der Waals surface area (Å²) in [6, 6.07) is 3.12. The third-order valence-electron chi connectivity index (χ3n) is 6.93. The second kappa shape index (κ2) is 10.3. The van der Waals surface area contributed by atoms with Crippen LogP contribution in [-0.2, 0) is 0 Å². The predicted molar refractivity (Wildman–Crippen MR) is 130 cm³/mol. The highest BCUT2D eigenvalue weighted by Crippen LogP contribution is 2.31. The van der Waals surface area contributed by atoms with Crippen molar-refractivity contribution in [3.8, 4) is 5.75 Å². The molecule has 5 rings (SSSR count). The van der Waals surface area contributed by atoms with E-state index in [1.807, 2.05) is 18.7 Å². The van der Waals surface area contributed by atoms with Crippen LogP contribution in [0, 0.1) is 17.6 Å². The van der Waals surface area contributed by atoms with E-state index in [0.717, 1.165) is 38.1 Å². The number of aromatic nitrogens is 4. The molecule has 0 amide bonds. The molecule has 2 aliphatic heterocycles. The average Bonchev–Trinajstić information content (AvgIpc) is 3.52. The molecule has 2 N–H and O–H groups in total. The topological polar surface area (TPSA) is 106 Å². The van der Waals surface area contributed by atoms with Crippen LogP contribution in [0.15, 0.2) is 35.1 Å². The minimum Gasteiger partial charge on any atom is -0.490 e. The zero-order valence-corrected chi connectivity index (χ0v) is 20.5. The molecule has 0 bridgehead atoms. The zero-order chi connectivity index (χ0) is 25.2. The van der Waals surface area contributed by atoms with Gasteiger partial charge in [0.1, 0.15) is 11.6 Å². The molecule has 192 valence electrons. The number of nitrogens with zero attached hydrogens (tertiary/aromatic N) is 6. The van der Waals surface area contributed by atoms with Crippen LogP contribution in [0.1, 0.15) is 50.0 Å². The van der Waals surface area contributed by atoms with Crippen molar-refractivity contribution in [2.75, 3.05) is 42.6 Å². The van der Waals surface area contributed by atoms with Gasteiger partial charge < -0.3 is 24.8 Å². The van der Waals surface area contributed by atoms with Gasteiger partial charge in [0.2, 0.25) is 11.8 Å². The Bertz CT molecular complexity index is 1170. The largest absolute Gasteiger partial charge is 0.490 e. The number of hydrogen-bond acceptors (Lipinski definition) is 9. The SMILES string of the molecule is CC(C)c1nc(N2CCC(COc3cnc(N4CC(N)C(c5cc(F)ccc5F)C4)nc3)CC2)no1. The Balaban J connectivity index is 1.11. The van der Waals surface area contributed by atoms with Crippen molar-refractivity contribution in [3.63, 3.8) is 0 Å². The Labute approximate surface area is 208 Å². The van der Waals surface area contributed by atoms with Gasteiger partial charge in [-0.1, -0.05) is 13.8 Å². The second-order valence-corrected chi connectivity index (χ2v) is 9.89. The summed E-state index contributed by atoms with van der Waals surface area (Å²) in [6.07, 6.45) is 5.22. The summed E-state index contributed by atoms with van der Waals surface area (Å²) in [5.41, 5.74) is 6.54. The molecule has 0 aliphatic carbocycles. The Morgan fingerprint density at radius 2 is 1.83 bits per heavy atom. The molecule has 0 spiro atoms. The predicted octanol–water partition coefficient (Wildman–Crippen LogP) is 3.49. The number of ether oxygens (including phenoxy) is 1. The molecule has 9 nitrogen and oxygen atoms in total. The quantitative estimate of drug-likeness (QED) is 0.523. The van der Waals surface area contributed by atoms with E-state index >= 15 is 0 Å². The van der Waals surface area contributed by atoms with Crippen LogP contribution in [0.5, 0.6) is 5.75 Å². The first-order valence-electron chi connectivity index (χ1n) is 12.4. The van der Waals surface area contributed by atoms with Crippen molar-refractivity contribution >= 4 is 11.9 Å². The summed E-state index contributed by atoms with van der Waals surface area (Å²) < 4.78 is 39.2. The number of rotatable bonds is 7. The summed E-state index contributed by atoms with van der Waals surface area (Å²) in [4.78, 5) is 17.4. The van der Waals surface area contributed by atoms with Gasteiger partial charge in [0.05, 0.1) is 19.0 Å². The Morgan fingerprint density at radius 1 is 1.08 bits per heavy atom. The molecule has 36 heavy (non-hydrogen) atoms. The second-order valence-electron chi connectivity index (χ2n) is 9.89. The standard InChI is InChI=1S/C25H31F2N7O2/c1-15(2)23-31-25(32-36-23)33-7-5-16(6-8-33)14-35-18-10-29-24(30-11-18)34-12-20(22(28)13-34)19-9-17(26)3-4-21(19)27/h3-4,9-11,15-16,20,22H,5-8,12-14,28H2,1-2H3. The molecule has 4 heterocycles. The highest BCUT2D eigenvalue weighted by Gasteiger charge is 2.34. The third-order valence-corrected chi connectivity index (χ3v) is 6.93. The summed E-state index contributed by atoms with van der Waals surface area (Å²) in [5, 5.41) is 4.10. The van der Waals surface area contributed by atoms with E-state index in [2.05, 4.69) is 25.0 Å². The van der Waals surface area contributed by atoms with Crippen LogP contribution in [0.4, 0.5) is 20.7 Å². The average molecular weight is 500 g/mol. The zero-order valence-electron chi connectivity index (χ0n) is 20.5. The molecule has 0 saturated carbocycles. The Hall–Kier alpha value is -3.34. The van der Waals surface area contributed by atoms with Crippen molar-refractivity contribution in [1.82, 2.24) is 20.1 Å². The lowest BCUT2D eigenvalue weighted by Gasteiger charge is -2.30. The molecule has 2 aromatic heterocycles. The van der Waals surface area contributed by atoms with E-state index in [1.54, 1.807) is 12.4 Å². The first-order valence-corrected chi connectivity index (χ1v) is 12.4. The van der Waals surface area contributed by atoms with Gasteiger partial charge in [-0.2, -0.15) is 4.98 Å². The summed E-state index contributed by atoms with van der Waals surface area (Å²) in [7, 11) is 0. The maximum absolute atomic E-state index is 14.3. The van der Waals surface area contributed by atoms with Crippen molar-refractivity contribution < 1.29 is 18.0 Å². The highest BCUT2D eigenvalue weighted by atomic mass is 19.1. The van der Waals surface area contributed by atoms with E-state index in [4.69, 9.17) is 15.0 Å². The van der Waals surface area contributed by atoms with Crippen LogP contribution in [0.3, 0.4) is 0 Å². The van der Waals surface area contributed by atoms with E-state index in [9.17, 15) is 8.78 Å². The first-order chi connectivity index (χ1) is 17.4. The number of benzene rings is 1. The molecule has 2 aliphatic rings. The minimum atomic E-state index is -0.476. The van der Waals surface area contributed by atoms with E-state index < -0.39 is 11.6 Å². The smallest absolute Gasteiger partial charge is 0.266 e. The lowest BCUT2D eigenvalue weighted by molar-refractivity contribution is 0.221. The van der Waals surface area contributed by atoms with Crippen molar-refractivity contribution in [2.45, 2.75) is 44.6 Å². The van der Waals surface area contributed by atoms with Gasteiger partial charge in [-0.25, -0.2) is 18.7 Å². The molecule has 2 saturated heterocycles. The van der Waals surface area contributed by atoms with Crippen molar-refractivity contribution in [2.24, 2.45) is 11.7 Å². The van der Waals surface area contributed by atoms with Crippen LogP contribution in [0.25, 0.3) is 0 Å². The van der Waals surface area contributed by atoms with Gasteiger partial charge in [-0.05, 0) is 47.7 Å². The van der Waals surface area contributed by atoms with Gasteiger partial charge in [-0.15, -0.1) is 0 Å². The van der Waals surface area contributed by atoms with Gasteiger partial charge >= 0.3 is 0 Å². The fourth-order valence-electron chi connectivity index (χ4n) is 4.77.